The summed E-state index contributed by atoms with van der Waals surface area (Å²) in [4.78, 5) is 4.66. The first-order valence-electron chi connectivity index (χ1n) is 13.3. The van der Waals surface area contributed by atoms with Crippen molar-refractivity contribution in [2.24, 2.45) is 0 Å². The van der Waals surface area contributed by atoms with Gasteiger partial charge in [-0.1, -0.05) is 24.6 Å². The summed E-state index contributed by atoms with van der Waals surface area (Å²) in [6.45, 7) is 8.17. The van der Waals surface area contributed by atoms with Gasteiger partial charge >= 0.3 is 0 Å². The standard InChI is InChI=1S/C31H35NO4S2/c1-22(2)35-27-21-28(33-3)29(20-26(27)31-19-23-9-5-6-10-30(23)37-31)36-24-11-13-25(14-12-24)38-34-18-17-32-15-7-4-8-16-32/h5-6,9-14,19-22H,4,7-8,15-18H2,1-3H3. The van der Waals surface area contributed by atoms with Gasteiger partial charge in [-0.3, -0.25) is 0 Å². The minimum Gasteiger partial charge on any atom is -0.493 e. The van der Waals surface area contributed by atoms with Gasteiger partial charge in [-0.2, -0.15) is 0 Å². The van der Waals surface area contributed by atoms with Crippen molar-refractivity contribution >= 4 is 33.5 Å². The maximum atomic E-state index is 6.32. The Bertz CT molecular complexity index is 1300. The van der Waals surface area contributed by atoms with Gasteiger partial charge in [0.1, 0.15) is 11.5 Å². The van der Waals surface area contributed by atoms with Gasteiger partial charge in [0, 0.05) is 44.7 Å². The van der Waals surface area contributed by atoms with Crippen LogP contribution in [0.2, 0.25) is 0 Å². The molecule has 2 heterocycles. The quantitative estimate of drug-likeness (QED) is 0.138. The Labute approximate surface area is 233 Å². The Kier molecular flexibility index (Phi) is 9.12. The van der Waals surface area contributed by atoms with Crippen LogP contribution in [0.1, 0.15) is 33.1 Å². The molecule has 0 saturated carbocycles. The molecule has 0 radical (unpaired) electrons. The number of methoxy groups -OCH3 is 1. The molecule has 0 spiro atoms. The molecule has 1 aliphatic rings. The minimum atomic E-state index is 0.0340. The molecular formula is C31H35NO4S2. The third kappa shape index (κ3) is 6.83. The number of benzene rings is 3. The highest BCUT2D eigenvalue weighted by atomic mass is 32.2. The molecule has 3 aromatic carbocycles. The Morgan fingerprint density at radius 1 is 0.895 bits per heavy atom. The van der Waals surface area contributed by atoms with Gasteiger partial charge < -0.3 is 23.3 Å². The second-order valence-electron chi connectivity index (χ2n) is 9.70. The monoisotopic (exact) mass is 549 g/mol. The van der Waals surface area contributed by atoms with Crippen molar-refractivity contribution in [1.29, 1.82) is 0 Å². The molecule has 0 N–H and O–H groups in total. The Morgan fingerprint density at radius 3 is 2.42 bits per heavy atom. The van der Waals surface area contributed by atoms with Gasteiger partial charge in [-0.05, 0) is 87.6 Å². The fraction of sp³-hybridized carbons (Fsp3) is 0.355. The first kappa shape index (κ1) is 26.9. The summed E-state index contributed by atoms with van der Waals surface area (Å²) in [6, 6.07) is 22.5. The molecule has 38 heavy (non-hydrogen) atoms. The maximum Gasteiger partial charge on any atom is 0.170 e. The average molecular weight is 550 g/mol. The highest BCUT2D eigenvalue weighted by molar-refractivity contribution is 7.94. The van der Waals surface area contributed by atoms with Crippen LogP contribution < -0.4 is 14.2 Å². The van der Waals surface area contributed by atoms with Gasteiger partial charge in [0.2, 0.25) is 0 Å². The van der Waals surface area contributed by atoms with Crippen molar-refractivity contribution in [3.8, 4) is 33.4 Å². The summed E-state index contributed by atoms with van der Waals surface area (Å²) in [6.07, 6.45) is 4.00. The summed E-state index contributed by atoms with van der Waals surface area (Å²) in [7, 11) is 1.65. The van der Waals surface area contributed by atoms with Crippen LogP contribution >= 0.6 is 23.4 Å². The van der Waals surface area contributed by atoms with E-state index in [4.69, 9.17) is 18.4 Å². The predicted octanol–water partition coefficient (Wildman–Crippen LogP) is 8.67. The first-order chi connectivity index (χ1) is 18.6. The summed E-state index contributed by atoms with van der Waals surface area (Å²) >= 11 is 3.16. The number of ether oxygens (including phenoxy) is 3. The van der Waals surface area contributed by atoms with Crippen molar-refractivity contribution in [2.45, 2.75) is 44.1 Å². The van der Waals surface area contributed by atoms with Crippen LogP contribution in [0.3, 0.4) is 0 Å². The highest BCUT2D eigenvalue weighted by Crippen LogP contribution is 2.45. The largest absolute Gasteiger partial charge is 0.493 e. The zero-order chi connectivity index (χ0) is 26.3. The van der Waals surface area contributed by atoms with E-state index in [1.807, 2.05) is 50.2 Å². The molecule has 5 nitrogen and oxygen atoms in total. The van der Waals surface area contributed by atoms with Crippen LogP contribution in [-0.2, 0) is 4.18 Å². The van der Waals surface area contributed by atoms with E-state index in [0.29, 0.717) is 11.5 Å². The molecule has 0 bridgehead atoms. The van der Waals surface area contributed by atoms with Crippen molar-refractivity contribution < 1.29 is 18.4 Å². The number of thiophene rings is 1. The Morgan fingerprint density at radius 2 is 1.68 bits per heavy atom. The molecule has 0 aliphatic carbocycles. The van der Waals surface area contributed by atoms with Crippen LogP contribution in [-0.4, -0.2) is 44.4 Å². The van der Waals surface area contributed by atoms with Crippen LogP contribution in [0.4, 0.5) is 0 Å². The van der Waals surface area contributed by atoms with E-state index in [0.717, 1.165) is 40.0 Å². The van der Waals surface area contributed by atoms with Crippen molar-refractivity contribution in [1.82, 2.24) is 4.90 Å². The first-order valence-corrected chi connectivity index (χ1v) is 14.8. The number of nitrogens with zero attached hydrogens (tertiary/aromatic N) is 1. The predicted molar refractivity (Wildman–Crippen MR) is 158 cm³/mol. The fourth-order valence-corrected chi connectivity index (χ4v) is 6.21. The SMILES string of the molecule is COc1cc(OC(C)C)c(-c2cc3ccccc3s2)cc1Oc1ccc(SOCCN2CCCCC2)cc1. The van der Waals surface area contributed by atoms with Crippen molar-refractivity contribution in [3.63, 3.8) is 0 Å². The molecule has 0 amide bonds. The van der Waals surface area contributed by atoms with E-state index in [1.165, 1.54) is 54.5 Å². The molecule has 200 valence electrons. The van der Waals surface area contributed by atoms with Gasteiger partial charge in [0.05, 0.1) is 19.8 Å². The lowest BCUT2D eigenvalue weighted by atomic mass is 10.1. The second kappa shape index (κ2) is 12.9. The average Bonchev–Trinajstić information content (AvgIpc) is 3.37. The zero-order valence-electron chi connectivity index (χ0n) is 22.3. The van der Waals surface area contributed by atoms with Crippen molar-refractivity contribution in [3.05, 3.63) is 66.7 Å². The summed E-state index contributed by atoms with van der Waals surface area (Å²) in [5, 5.41) is 1.22. The smallest absolute Gasteiger partial charge is 0.170 e. The lowest BCUT2D eigenvalue weighted by Gasteiger charge is -2.25. The number of rotatable bonds is 11. The molecule has 0 unspecified atom stereocenters. The molecule has 1 fully saturated rings. The fourth-order valence-electron chi connectivity index (χ4n) is 4.59. The van der Waals surface area contributed by atoms with Crippen LogP contribution in [0.25, 0.3) is 20.5 Å². The highest BCUT2D eigenvalue weighted by Gasteiger charge is 2.18. The van der Waals surface area contributed by atoms with Crippen LogP contribution in [0.15, 0.2) is 71.6 Å². The molecule has 1 saturated heterocycles. The van der Waals surface area contributed by atoms with Crippen LogP contribution in [0.5, 0.6) is 23.0 Å². The molecule has 5 rings (SSSR count). The molecule has 0 atom stereocenters. The topological polar surface area (TPSA) is 40.2 Å². The summed E-state index contributed by atoms with van der Waals surface area (Å²) < 4.78 is 25.3. The second-order valence-corrected chi connectivity index (χ2v) is 11.7. The Hall–Kier alpha value is -2.71. The molecule has 1 aromatic heterocycles. The number of hydrogen-bond acceptors (Lipinski definition) is 7. The number of fused-ring (bicyclic) bond motifs is 1. The molecule has 4 aromatic rings. The summed E-state index contributed by atoms with van der Waals surface area (Å²) in [5.74, 6) is 2.80. The van der Waals surface area contributed by atoms with Gasteiger partial charge in [-0.25, -0.2) is 0 Å². The van der Waals surface area contributed by atoms with E-state index in [2.05, 4.69) is 35.2 Å². The van der Waals surface area contributed by atoms with Gasteiger partial charge in [-0.15, -0.1) is 11.3 Å². The van der Waals surface area contributed by atoms with E-state index >= 15 is 0 Å². The summed E-state index contributed by atoms with van der Waals surface area (Å²) in [5.41, 5.74) is 0.991. The molecule has 1 aliphatic heterocycles. The lowest BCUT2D eigenvalue weighted by Crippen LogP contribution is -2.32. The third-order valence-corrected chi connectivity index (χ3v) is 8.36. The molecular weight excluding hydrogens is 514 g/mol. The minimum absolute atomic E-state index is 0.0340. The molecule has 7 heteroatoms. The van der Waals surface area contributed by atoms with E-state index in [1.54, 1.807) is 18.4 Å². The van der Waals surface area contributed by atoms with Crippen molar-refractivity contribution in [2.75, 3.05) is 33.4 Å². The normalized spacial score (nSPS) is 14.2. The Balaban J connectivity index is 1.30. The van der Waals surface area contributed by atoms with E-state index in [9.17, 15) is 0 Å². The van der Waals surface area contributed by atoms with Gasteiger partial charge in [0.15, 0.2) is 11.5 Å². The number of piperidine rings is 1. The van der Waals surface area contributed by atoms with Crippen LogP contribution in [0, 0.1) is 0 Å². The maximum absolute atomic E-state index is 6.32. The number of hydrogen-bond donors (Lipinski definition) is 0. The van der Waals surface area contributed by atoms with E-state index in [-0.39, 0.29) is 6.10 Å². The zero-order valence-corrected chi connectivity index (χ0v) is 23.9. The lowest BCUT2D eigenvalue weighted by molar-refractivity contribution is 0.194. The number of likely N-dealkylation sites (tertiary alicyclic amines) is 1. The van der Waals surface area contributed by atoms with Gasteiger partial charge in [0.25, 0.3) is 0 Å². The third-order valence-electron chi connectivity index (χ3n) is 6.47. The van der Waals surface area contributed by atoms with E-state index < -0.39 is 0 Å².